The summed E-state index contributed by atoms with van der Waals surface area (Å²) in [5.74, 6) is 0.917. The molecule has 0 aliphatic carbocycles. The first-order valence-electron chi connectivity index (χ1n) is 4.64. The second-order valence-electron chi connectivity index (χ2n) is 3.36. The predicted octanol–water partition coefficient (Wildman–Crippen LogP) is 1.45. The van der Waals surface area contributed by atoms with Crippen LogP contribution in [-0.4, -0.2) is 24.7 Å². The molecule has 5 heteroatoms. The normalized spacial score (nSPS) is 11.0. The summed E-state index contributed by atoms with van der Waals surface area (Å²) in [5, 5.41) is 4.07. The first-order chi connectivity index (χ1) is 7.33. The second kappa shape index (κ2) is 2.91. The van der Waals surface area contributed by atoms with Gasteiger partial charge in [-0.3, -0.25) is 0 Å². The van der Waals surface area contributed by atoms with E-state index in [4.69, 9.17) is 0 Å². The molecule has 5 nitrogen and oxygen atoms in total. The quantitative estimate of drug-likeness (QED) is 0.645. The zero-order valence-electron chi connectivity index (χ0n) is 8.18. The molecule has 74 valence electrons. The summed E-state index contributed by atoms with van der Waals surface area (Å²) in [7, 11) is 0. The molecule has 0 spiro atoms. The van der Waals surface area contributed by atoms with E-state index in [-0.39, 0.29) is 0 Å². The number of H-pyrrole nitrogens is 1. The largest absolute Gasteiger partial charge is 0.342 e. The number of fused-ring (bicyclic) bond motifs is 1. The zero-order valence-corrected chi connectivity index (χ0v) is 8.18. The van der Waals surface area contributed by atoms with E-state index in [0.29, 0.717) is 0 Å². The molecule has 2 heterocycles. The average molecular weight is 199 g/mol. The van der Waals surface area contributed by atoms with Crippen LogP contribution in [0.15, 0.2) is 30.9 Å². The smallest absolute Gasteiger partial charge is 0.138 e. The standard InChI is InChI=1S/C10H9N5/c1-7-13-9-3-2-8(4-10(9)14-7)15-6-11-5-12-15/h2-6H,1H3,(H,13,14). The Morgan fingerprint density at radius 3 is 3.07 bits per heavy atom. The van der Waals surface area contributed by atoms with Crippen LogP contribution in [-0.2, 0) is 0 Å². The predicted molar refractivity (Wildman–Crippen MR) is 55.7 cm³/mol. The fourth-order valence-corrected chi connectivity index (χ4v) is 1.61. The van der Waals surface area contributed by atoms with E-state index in [1.54, 1.807) is 11.0 Å². The highest BCUT2D eigenvalue weighted by Crippen LogP contribution is 2.15. The first-order valence-corrected chi connectivity index (χ1v) is 4.64. The minimum atomic E-state index is 0.917. The molecule has 0 bridgehead atoms. The fourth-order valence-electron chi connectivity index (χ4n) is 1.61. The van der Waals surface area contributed by atoms with Crippen molar-refractivity contribution in [1.29, 1.82) is 0 Å². The average Bonchev–Trinajstić information content (AvgIpc) is 2.82. The Bertz CT molecular complexity index is 593. The van der Waals surface area contributed by atoms with Crippen LogP contribution in [0.4, 0.5) is 0 Å². The van der Waals surface area contributed by atoms with E-state index in [1.807, 2.05) is 25.1 Å². The van der Waals surface area contributed by atoms with Crippen LogP contribution in [0.25, 0.3) is 16.7 Å². The molecule has 0 saturated carbocycles. The van der Waals surface area contributed by atoms with Gasteiger partial charge < -0.3 is 4.98 Å². The molecule has 0 saturated heterocycles. The van der Waals surface area contributed by atoms with Crippen molar-refractivity contribution in [3.05, 3.63) is 36.7 Å². The molecule has 15 heavy (non-hydrogen) atoms. The van der Waals surface area contributed by atoms with Crippen molar-refractivity contribution in [2.45, 2.75) is 6.92 Å². The van der Waals surface area contributed by atoms with Gasteiger partial charge in [0, 0.05) is 0 Å². The highest BCUT2D eigenvalue weighted by molar-refractivity contribution is 5.77. The van der Waals surface area contributed by atoms with Gasteiger partial charge in [0.05, 0.1) is 16.7 Å². The number of imidazole rings is 1. The number of hydrogen-bond donors (Lipinski definition) is 1. The lowest BCUT2D eigenvalue weighted by molar-refractivity contribution is 0.880. The van der Waals surface area contributed by atoms with E-state index in [9.17, 15) is 0 Å². The first kappa shape index (κ1) is 8.16. The lowest BCUT2D eigenvalue weighted by Gasteiger charge is -1.98. The molecule has 0 aliphatic rings. The fraction of sp³-hybridized carbons (Fsp3) is 0.100. The lowest BCUT2D eigenvalue weighted by Crippen LogP contribution is -1.93. The van der Waals surface area contributed by atoms with Crippen molar-refractivity contribution in [1.82, 2.24) is 24.7 Å². The van der Waals surface area contributed by atoms with Gasteiger partial charge in [0.25, 0.3) is 0 Å². The Balaban J connectivity index is 2.21. The number of aryl methyl sites for hydroxylation is 1. The van der Waals surface area contributed by atoms with Crippen molar-refractivity contribution in [2.75, 3.05) is 0 Å². The van der Waals surface area contributed by atoms with E-state index in [1.165, 1.54) is 6.33 Å². The van der Waals surface area contributed by atoms with Crippen LogP contribution in [0.2, 0.25) is 0 Å². The molecule has 1 N–H and O–H groups in total. The van der Waals surface area contributed by atoms with Crippen molar-refractivity contribution < 1.29 is 0 Å². The van der Waals surface area contributed by atoms with Crippen molar-refractivity contribution >= 4 is 11.0 Å². The third-order valence-electron chi connectivity index (χ3n) is 2.27. The number of aromatic nitrogens is 5. The number of nitrogens with one attached hydrogen (secondary N) is 1. The highest BCUT2D eigenvalue weighted by atomic mass is 15.3. The van der Waals surface area contributed by atoms with Gasteiger partial charge in [-0.05, 0) is 25.1 Å². The Morgan fingerprint density at radius 2 is 2.27 bits per heavy atom. The summed E-state index contributed by atoms with van der Waals surface area (Å²) in [6, 6.07) is 5.94. The molecule has 0 fully saturated rings. The van der Waals surface area contributed by atoms with Gasteiger partial charge in [0.2, 0.25) is 0 Å². The lowest BCUT2D eigenvalue weighted by atomic mass is 10.3. The molecule has 3 aromatic rings. The summed E-state index contributed by atoms with van der Waals surface area (Å²) >= 11 is 0. The zero-order chi connectivity index (χ0) is 10.3. The maximum Gasteiger partial charge on any atom is 0.138 e. The molecule has 0 radical (unpaired) electrons. The number of nitrogens with zero attached hydrogens (tertiary/aromatic N) is 4. The summed E-state index contributed by atoms with van der Waals surface area (Å²) in [4.78, 5) is 11.4. The maximum atomic E-state index is 4.33. The van der Waals surface area contributed by atoms with E-state index in [2.05, 4.69) is 20.1 Å². The van der Waals surface area contributed by atoms with E-state index in [0.717, 1.165) is 22.5 Å². The summed E-state index contributed by atoms with van der Waals surface area (Å²) < 4.78 is 1.72. The van der Waals surface area contributed by atoms with Gasteiger partial charge >= 0.3 is 0 Å². The van der Waals surface area contributed by atoms with Gasteiger partial charge in [0.1, 0.15) is 18.5 Å². The molecule has 0 aliphatic heterocycles. The third-order valence-corrected chi connectivity index (χ3v) is 2.27. The Hall–Kier alpha value is -2.17. The van der Waals surface area contributed by atoms with Crippen LogP contribution in [0.1, 0.15) is 5.82 Å². The number of hydrogen-bond acceptors (Lipinski definition) is 3. The molecule has 3 rings (SSSR count). The summed E-state index contributed by atoms with van der Waals surface area (Å²) in [5.41, 5.74) is 2.96. The Labute approximate surface area is 85.8 Å². The molecular weight excluding hydrogens is 190 g/mol. The van der Waals surface area contributed by atoms with Crippen LogP contribution in [0.5, 0.6) is 0 Å². The maximum absolute atomic E-state index is 4.33. The number of benzene rings is 1. The van der Waals surface area contributed by atoms with Crippen LogP contribution >= 0.6 is 0 Å². The van der Waals surface area contributed by atoms with Crippen molar-refractivity contribution in [3.63, 3.8) is 0 Å². The van der Waals surface area contributed by atoms with Crippen molar-refractivity contribution in [2.24, 2.45) is 0 Å². The molecule has 2 aromatic heterocycles. The monoisotopic (exact) mass is 199 g/mol. The Morgan fingerprint density at radius 1 is 1.33 bits per heavy atom. The molecule has 0 amide bonds. The highest BCUT2D eigenvalue weighted by Gasteiger charge is 2.02. The summed E-state index contributed by atoms with van der Waals surface area (Å²) in [6.45, 7) is 1.94. The van der Waals surface area contributed by atoms with Gasteiger partial charge in [0.15, 0.2) is 0 Å². The number of aromatic amines is 1. The van der Waals surface area contributed by atoms with Crippen molar-refractivity contribution in [3.8, 4) is 5.69 Å². The minimum Gasteiger partial charge on any atom is -0.342 e. The molecule has 0 unspecified atom stereocenters. The van der Waals surface area contributed by atoms with Gasteiger partial charge in [-0.25, -0.2) is 14.6 Å². The summed E-state index contributed by atoms with van der Waals surface area (Å²) in [6.07, 6.45) is 3.19. The number of rotatable bonds is 1. The van der Waals surface area contributed by atoms with Gasteiger partial charge in [-0.15, -0.1) is 0 Å². The van der Waals surface area contributed by atoms with Crippen LogP contribution < -0.4 is 0 Å². The second-order valence-corrected chi connectivity index (χ2v) is 3.36. The topological polar surface area (TPSA) is 59.4 Å². The van der Waals surface area contributed by atoms with Gasteiger partial charge in [-0.2, -0.15) is 5.10 Å². The third kappa shape index (κ3) is 1.28. The SMILES string of the molecule is Cc1nc2ccc(-n3cncn3)cc2[nH]1. The minimum absolute atomic E-state index is 0.917. The van der Waals surface area contributed by atoms with E-state index < -0.39 is 0 Å². The van der Waals surface area contributed by atoms with Gasteiger partial charge in [-0.1, -0.05) is 0 Å². The molecule has 1 aromatic carbocycles. The van der Waals surface area contributed by atoms with Crippen LogP contribution in [0.3, 0.4) is 0 Å². The van der Waals surface area contributed by atoms with E-state index >= 15 is 0 Å². The van der Waals surface area contributed by atoms with Crippen LogP contribution in [0, 0.1) is 6.92 Å². The molecular formula is C10H9N5. The Kier molecular flexibility index (Phi) is 1.58. The molecule has 0 atom stereocenters.